The van der Waals surface area contributed by atoms with Crippen molar-refractivity contribution in [3.05, 3.63) is 41.7 Å². The first kappa shape index (κ1) is 8.86. The lowest BCUT2D eigenvalue weighted by molar-refractivity contribution is 1.05. The number of imidazole rings is 1. The van der Waals surface area contributed by atoms with Crippen LogP contribution in [0.3, 0.4) is 0 Å². The van der Waals surface area contributed by atoms with Gasteiger partial charge in [0.15, 0.2) is 0 Å². The molecular weight excluding hydrogens is 200 g/mol. The Morgan fingerprint density at radius 2 is 2.12 bits per heavy atom. The van der Waals surface area contributed by atoms with Gasteiger partial charge in [0.1, 0.15) is 6.07 Å². The lowest BCUT2D eigenvalue weighted by Crippen LogP contribution is -1.97. The second-order valence-corrected chi connectivity index (χ2v) is 3.61. The molecule has 0 N–H and O–H groups in total. The van der Waals surface area contributed by atoms with E-state index < -0.39 is 0 Å². The van der Waals surface area contributed by atoms with Crippen LogP contribution in [0.1, 0.15) is 11.3 Å². The Kier molecular flexibility index (Phi) is 1.68. The zero-order valence-electron chi connectivity index (χ0n) is 8.68. The van der Waals surface area contributed by atoms with E-state index >= 15 is 0 Å². The van der Waals surface area contributed by atoms with Crippen LogP contribution in [0.4, 0.5) is 0 Å². The molecule has 76 valence electrons. The quantitative estimate of drug-likeness (QED) is 0.568. The predicted molar refractivity (Wildman–Crippen MR) is 59.9 cm³/mol. The molecule has 0 aliphatic heterocycles. The normalized spacial score (nSPS) is 10.8. The Labute approximate surface area is 91.8 Å². The number of fused-ring (bicyclic) bond motifs is 3. The number of hydrogen-bond donors (Lipinski definition) is 0. The highest BCUT2D eigenvalue weighted by atomic mass is 15.1. The van der Waals surface area contributed by atoms with Crippen molar-refractivity contribution in [1.29, 1.82) is 5.26 Å². The summed E-state index contributed by atoms with van der Waals surface area (Å²) in [6.45, 7) is 1.90. The molecule has 0 unspecified atom stereocenters. The first-order valence-corrected chi connectivity index (χ1v) is 4.94. The maximum absolute atomic E-state index is 8.96. The van der Waals surface area contributed by atoms with Gasteiger partial charge in [-0.3, -0.25) is 4.40 Å². The maximum atomic E-state index is 8.96. The highest BCUT2D eigenvalue weighted by Gasteiger charge is 2.09. The van der Waals surface area contributed by atoms with Crippen LogP contribution in [-0.4, -0.2) is 14.4 Å². The van der Waals surface area contributed by atoms with E-state index in [2.05, 4.69) is 16.0 Å². The van der Waals surface area contributed by atoms with Crippen LogP contribution < -0.4 is 0 Å². The molecule has 0 spiro atoms. The van der Waals surface area contributed by atoms with Crippen LogP contribution in [0.2, 0.25) is 0 Å². The van der Waals surface area contributed by atoms with E-state index in [1.54, 1.807) is 6.20 Å². The number of para-hydroxylation sites is 2. The first-order chi connectivity index (χ1) is 7.81. The molecule has 2 heterocycles. The van der Waals surface area contributed by atoms with Gasteiger partial charge >= 0.3 is 0 Å². The molecule has 0 saturated heterocycles. The average molecular weight is 208 g/mol. The summed E-state index contributed by atoms with van der Waals surface area (Å²) in [6, 6.07) is 9.94. The summed E-state index contributed by atoms with van der Waals surface area (Å²) in [5.74, 6) is 0.637. The number of nitriles is 1. The zero-order chi connectivity index (χ0) is 11.1. The number of aryl methyl sites for hydroxylation is 1. The minimum atomic E-state index is 0.579. The minimum absolute atomic E-state index is 0.579. The van der Waals surface area contributed by atoms with Crippen molar-refractivity contribution in [2.24, 2.45) is 0 Å². The third-order valence-electron chi connectivity index (χ3n) is 2.70. The van der Waals surface area contributed by atoms with Gasteiger partial charge in [-0.15, -0.1) is 0 Å². The van der Waals surface area contributed by atoms with E-state index in [0.29, 0.717) is 11.3 Å². The van der Waals surface area contributed by atoms with Crippen LogP contribution in [0, 0.1) is 18.3 Å². The van der Waals surface area contributed by atoms with Gasteiger partial charge < -0.3 is 0 Å². The monoisotopic (exact) mass is 208 g/mol. The predicted octanol–water partition coefficient (Wildman–Crippen LogP) is 2.06. The molecule has 3 rings (SSSR count). The second-order valence-electron chi connectivity index (χ2n) is 3.61. The summed E-state index contributed by atoms with van der Waals surface area (Å²) in [5.41, 5.74) is 3.34. The molecule has 4 nitrogen and oxygen atoms in total. The number of hydrogen-bond acceptors (Lipinski definition) is 3. The topological polar surface area (TPSA) is 54.0 Å². The number of rotatable bonds is 0. The van der Waals surface area contributed by atoms with Crippen molar-refractivity contribution >= 4 is 16.8 Å². The van der Waals surface area contributed by atoms with E-state index in [1.807, 2.05) is 35.6 Å². The molecule has 2 aromatic heterocycles. The largest absolute Gasteiger partial charge is 0.280 e. The van der Waals surface area contributed by atoms with E-state index in [-0.39, 0.29) is 0 Å². The highest BCUT2D eigenvalue weighted by molar-refractivity contribution is 5.79. The third-order valence-corrected chi connectivity index (χ3v) is 2.70. The molecule has 3 aromatic rings. The van der Waals surface area contributed by atoms with Gasteiger partial charge in [0, 0.05) is 5.69 Å². The smallest absolute Gasteiger partial charge is 0.235 e. The fourth-order valence-corrected chi connectivity index (χ4v) is 1.88. The molecular formula is C12H8N4. The van der Waals surface area contributed by atoms with Crippen molar-refractivity contribution < 1.29 is 0 Å². The Hall–Kier alpha value is -2.41. The van der Waals surface area contributed by atoms with Crippen LogP contribution in [0.25, 0.3) is 16.8 Å². The molecule has 0 atom stereocenters. The van der Waals surface area contributed by atoms with Gasteiger partial charge in [-0.2, -0.15) is 5.26 Å². The fourth-order valence-electron chi connectivity index (χ4n) is 1.88. The summed E-state index contributed by atoms with van der Waals surface area (Å²) < 4.78 is 1.91. The Balaban J connectivity index is 2.59. The SMILES string of the molecule is Cc1c(C#N)cnc2nc3ccccc3n12. The number of nitrogens with zero attached hydrogens (tertiary/aromatic N) is 4. The third kappa shape index (κ3) is 1.03. The van der Waals surface area contributed by atoms with Gasteiger partial charge in [0.2, 0.25) is 5.78 Å². The summed E-state index contributed by atoms with van der Waals surface area (Å²) in [4.78, 5) is 8.57. The van der Waals surface area contributed by atoms with Crippen molar-refractivity contribution in [3.63, 3.8) is 0 Å². The summed E-state index contributed by atoms with van der Waals surface area (Å²) in [5, 5.41) is 8.96. The minimum Gasteiger partial charge on any atom is -0.280 e. The van der Waals surface area contributed by atoms with E-state index in [4.69, 9.17) is 5.26 Å². The molecule has 16 heavy (non-hydrogen) atoms. The number of benzene rings is 1. The lowest BCUT2D eigenvalue weighted by atomic mass is 10.2. The Morgan fingerprint density at radius 1 is 1.31 bits per heavy atom. The first-order valence-electron chi connectivity index (χ1n) is 4.94. The Bertz CT molecular complexity index is 734. The molecule has 0 fully saturated rings. The van der Waals surface area contributed by atoms with Crippen LogP contribution >= 0.6 is 0 Å². The molecule has 1 aromatic carbocycles. The molecule has 0 radical (unpaired) electrons. The van der Waals surface area contributed by atoms with Gasteiger partial charge in [-0.25, -0.2) is 9.97 Å². The average Bonchev–Trinajstić information content (AvgIpc) is 2.68. The van der Waals surface area contributed by atoms with Crippen molar-refractivity contribution in [2.45, 2.75) is 6.92 Å². The van der Waals surface area contributed by atoms with Gasteiger partial charge in [-0.05, 0) is 19.1 Å². The fraction of sp³-hybridized carbons (Fsp3) is 0.0833. The van der Waals surface area contributed by atoms with Crippen LogP contribution in [-0.2, 0) is 0 Å². The van der Waals surface area contributed by atoms with E-state index in [9.17, 15) is 0 Å². The van der Waals surface area contributed by atoms with Gasteiger partial charge in [0.05, 0.1) is 22.8 Å². The van der Waals surface area contributed by atoms with Crippen molar-refractivity contribution in [2.75, 3.05) is 0 Å². The number of aromatic nitrogens is 3. The van der Waals surface area contributed by atoms with E-state index in [1.165, 1.54) is 0 Å². The molecule has 0 aliphatic rings. The molecule has 0 amide bonds. The standard InChI is InChI=1S/C12H8N4/c1-8-9(6-13)7-14-12-15-10-4-2-3-5-11(10)16(8)12/h2-5,7H,1H3. The van der Waals surface area contributed by atoms with Crippen LogP contribution in [0.5, 0.6) is 0 Å². The molecule has 0 aliphatic carbocycles. The van der Waals surface area contributed by atoms with Gasteiger partial charge in [-0.1, -0.05) is 12.1 Å². The van der Waals surface area contributed by atoms with Gasteiger partial charge in [0.25, 0.3) is 0 Å². The van der Waals surface area contributed by atoms with E-state index in [0.717, 1.165) is 16.7 Å². The van der Waals surface area contributed by atoms with Crippen molar-refractivity contribution in [3.8, 4) is 6.07 Å². The van der Waals surface area contributed by atoms with Crippen molar-refractivity contribution in [1.82, 2.24) is 14.4 Å². The van der Waals surface area contributed by atoms with Crippen LogP contribution in [0.15, 0.2) is 30.5 Å². The lowest BCUT2D eigenvalue weighted by Gasteiger charge is -2.01. The Morgan fingerprint density at radius 3 is 2.94 bits per heavy atom. The highest BCUT2D eigenvalue weighted by Crippen LogP contribution is 2.18. The second kappa shape index (κ2) is 3.04. The maximum Gasteiger partial charge on any atom is 0.235 e. The molecule has 0 bridgehead atoms. The molecule has 0 saturated carbocycles. The molecule has 4 heteroatoms. The summed E-state index contributed by atoms with van der Waals surface area (Å²) in [7, 11) is 0. The zero-order valence-corrected chi connectivity index (χ0v) is 8.68. The summed E-state index contributed by atoms with van der Waals surface area (Å²) >= 11 is 0. The summed E-state index contributed by atoms with van der Waals surface area (Å²) in [6.07, 6.45) is 1.57.